The van der Waals surface area contributed by atoms with Gasteiger partial charge in [0.25, 0.3) is 0 Å². The second kappa shape index (κ2) is 8.47. The zero-order chi connectivity index (χ0) is 20.1. The molecule has 0 fully saturated rings. The minimum absolute atomic E-state index is 0.0236. The lowest BCUT2D eigenvalue weighted by molar-refractivity contribution is 0.0549. The van der Waals surface area contributed by atoms with Crippen molar-refractivity contribution < 1.29 is 23.5 Å². The number of methoxy groups -OCH3 is 2. The summed E-state index contributed by atoms with van der Waals surface area (Å²) in [6, 6.07) is 15.9. The van der Waals surface area contributed by atoms with E-state index in [1.165, 1.54) is 18.9 Å². The van der Waals surface area contributed by atoms with E-state index in [9.17, 15) is 14.0 Å². The molecule has 0 saturated heterocycles. The first-order chi connectivity index (χ1) is 13.6. The topological polar surface area (TPSA) is 70.4 Å². The molecule has 0 aliphatic rings. The van der Waals surface area contributed by atoms with Gasteiger partial charge in [-0.25, -0.2) is 14.3 Å². The van der Waals surface area contributed by atoms with Crippen LogP contribution in [0.4, 0.5) is 4.39 Å². The highest BCUT2D eigenvalue weighted by Crippen LogP contribution is 2.31. The number of carbonyl (C=O) groups is 2. The summed E-state index contributed by atoms with van der Waals surface area (Å²) in [5.41, 5.74) is 1.96. The highest BCUT2D eigenvalue weighted by atomic mass is 19.1. The summed E-state index contributed by atoms with van der Waals surface area (Å²) < 4.78 is 24.2. The van der Waals surface area contributed by atoms with Crippen LogP contribution in [0.25, 0.3) is 16.9 Å². The average Bonchev–Trinajstić information content (AvgIpc) is 3.14. The van der Waals surface area contributed by atoms with E-state index >= 15 is 0 Å². The summed E-state index contributed by atoms with van der Waals surface area (Å²) in [4.78, 5) is 25.2. The number of esters is 2. The van der Waals surface area contributed by atoms with Gasteiger partial charge in [0.15, 0.2) is 5.69 Å². The van der Waals surface area contributed by atoms with E-state index in [1.807, 2.05) is 6.07 Å². The van der Waals surface area contributed by atoms with Gasteiger partial charge in [0.1, 0.15) is 11.3 Å². The van der Waals surface area contributed by atoms with Crippen LogP contribution in [0.1, 0.15) is 26.4 Å². The van der Waals surface area contributed by atoms with Crippen molar-refractivity contribution in [1.29, 1.82) is 0 Å². The lowest BCUT2D eigenvalue weighted by Crippen LogP contribution is -2.15. The van der Waals surface area contributed by atoms with Crippen LogP contribution in [-0.4, -0.2) is 42.6 Å². The van der Waals surface area contributed by atoms with Gasteiger partial charge in [-0.2, -0.15) is 5.10 Å². The van der Waals surface area contributed by atoms with Gasteiger partial charge in [0.05, 0.1) is 26.6 Å². The Kier molecular flexibility index (Phi) is 5.84. The molecule has 3 aromatic rings. The number of alkyl halides is 1. The number of aryl methyl sites for hydroxylation is 1. The molecule has 1 heterocycles. The van der Waals surface area contributed by atoms with Gasteiger partial charge in [-0.05, 0) is 17.7 Å². The highest BCUT2D eigenvalue weighted by molar-refractivity contribution is 6.07. The van der Waals surface area contributed by atoms with Crippen LogP contribution in [-0.2, 0) is 15.9 Å². The predicted molar refractivity (Wildman–Crippen MR) is 101 cm³/mol. The average molecular weight is 382 g/mol. The molecule has 7 heteroatoms. The molecule has 0 unspecified atom stereocenters. The van der Waals surface area contributed by atoms with Crippen LogP contribution in [0.2, 0.25) is 0 Å². The van der Waals surface area contributed by atoms with Crippen molar-refractivity contribution in [1.82, 2.24) is 9.78 Å². The van der Waals surface area contributed by atoms with Crippen molar-refractivity contribution in [3.63, 3.8) is 0 Å². The molecule has 28 heavy (non-hydrogen) atoms. The molecule has 0 amide bonds. The number of halogens is 1. The maximum atomic E-state index is 13.0. The second-order valence-electron chi connectivity index (χ2n) is 5.90. The molecular weight excluding hydrogens is 363 g/mol. The lowest BCUT2D eigenvalue weighted by atomic mass is 9.98. The molecule has 144 valence electrons. The summed E-state index contributed by atoms with van der Waals surface area (Å²) in [6.45, 7) is -0.562. The van der Waals surface area contributed by atoms with Gasteiger partial charge in [0, 0.05) is 12.0 Å². The first-order valence-electron chi connectivity index (χ1n) is 8.61. The molecule has 0 N–H and O–H groups in total. The van der Waals surface area contributed by atoms with Gasteiger partial charge >= 0.3 is 11.9 Å². The highest BCUT2D eigenvalue weighted by Gasteiger charge is 2.31. The smallest absolute Gasteiger partial charge is 0.357 e. The molecule has 0 bridgehead atoms. The Balaban J connectivity index is 2.36. The Morgan fingerprint density at radius 3 is 2.25 bits per heavy atom. The van der Waals surface area contributed by atoms with E-state index in [0.29, 0.717) is 16.8 Å². The molecule has 0 saturated carbocycles. The van der Waals surface area contributed by atoms with E-state index in [1.54, 1.807) is 48.5 Å². The number of ether oxygens (including phenoxy) is 2. The van der Waals surface area contributed by atoms with Crippen LogP contribution in [0.3, 0.4) is 0 Å². The standard InChI is InChI=1S/C21H19FN2O4/c1-27-20(25)17-18(16-11-7-6-8-14(16)12-13-22)23-24(19(17)21(26)28-2)15-9-4-3-5-10-15/h3-11H,12-13H2,1-2H3. The van der Waals surface area contributed by atoms with Gasteiger partial charge in [-0.1, -0.05) is 42.5 Å². The van der Waals surface area contributed by atoms with E-state index in [0.717, 1.165) is 0 Å². The summed E-state index contributed by atoms with van der Waals surface area (Å²) in [7, 11) is 2.45. The summed E-state index contributed by atoms with van der Waals surface area (Å²) in [5.74, 6) is -1.46. The number of carbonyl (C=O) groups excluding carboxylic acids is 2. The molecule has 3 rings (SSSR count). The minimum atomic E-state index is -0.731. The number of nitrogens with zero attached hydrogens (tertiary/aromatic N) is 2. The van der Waals surface area contributed by atoms with E-state index in [4.69, 9.17) is 9.47 Å². The molecule has 0 atom stereocenters. The number of benzene rings is 2. The van der Waals surface area contributed by atoms with E-state index in [2.05, 4.69) is 5.10 Å². The van der Waals surface area contributed by atoms with Crippen LogP contribution in [0, 0.1) is 0 Å². The van der Waals surface area contributed by atoms with E-state index < -0.39 is 18.6 Å². The molecule has 0 spiro atoms. The maximum absolute atomic E-state index is 13.0. The van der Waals surface area contributed by atoms with Crippen LogP contribution < -0.4 is 0 Å². The molecule has 1 aromatic heterocycles. The normalized spacial score (nSPS) is 10.5. The monoisotopic (exact) mass is 382 g/mol. The number of hydrogen-bond donors (Lipinski definition) is 0. The Morgan fingerprint density at radius 1 is 0.964 bits per heavy atom. The van der Waals surface area contributed by atoms with Crippen molar-refractivity contribution >= 4 is 11.9 Å². The third-order valence-electron chi connectivity index (χ3n) is 4.29. The number of hydrogen-bond acceptors (Lipinski definition) is 5. The fourth-order valence-electron chi connectivity index (χ4n) is 3.01. The summed E-state index contributed by atoms with van der Waals surface area (Å²) in [6.07, 6.45) is 0.155. The van der Waals surface area contributed by atoms with Crippen molar-refractivity contribution in [2.75, 3.05) is 20.9 Å². The van der Waals surface area contributed by atoms with Crippen LogP contribution >= 0.6 is 0 Å². The fourth-order valence-corrected chi connectivity index (χ4v) is 3.01. The van der Waals surface area contributed by atoms with Crippen LogP contribution in [0.15, 0.2) is 54.6 Å². The molecule has 6 nitrogen and oxygen atoms in total. The van der Waals surface area contributed by atoms with Gasteiger partial charge in [-0.3, -0.25) is 4.39 Å². The van der Waals surface area contributed by atoms with Crippen molar-refractivity contribution in [3.05, 3.63) is 71.4 Å². The second-order valence-corrected chi connectivity index (χ2v) is 5.90. The summed E-state index contributed by atoms with van der Waals surface area (Å²) in [5, 5.41) is 4.52. The predicted octanol–water partition coefficient (Wildman–Crippen LogP) is 3.62. The zero-order valence-electron chi connectivity index (χ0n) is 15.5. The number of rotatable bonds is 6. The molecular formula is C21H19FN2O4. The SMILES string of the molecule is COC(=O)c1c(-c2ccccc2CCF)nn(-c2ccccc2)c1C(=O)OC. The number of aromatic nitrogens is 2. The fraction of sp³-hybridized carbons (Fsp3) is 0.190. The Morgan fingerprint density at radius 2 is 1.61 bits per heavy atom. The quantitative estimate of drug-likeness (QED) is 0.609. The Labute approximate surface area is 161 Å². The third kappa shape index (κ3) is 3.51. The third-order valence-corrected chi connectivity index (χ3v) is 4.29. The molecule has 0 aliphatic carbocycles. The van der Waals surface area contributed by atoms with E-state index in [-0.39, 0.29) is 23.4 Å². The van der Waals surface area contributed by atoms with Crippen molar-refractivity contribution in [3.8, 4) is 16.9 Å². The first kappa shape index (κ1) is 19.3. The maximum Gasteiger partial charge on any atom is 0.357 e. The Bertz CT molecular complexity index is 999. The van der Waals surface area contributed by atoms with Crippen molar-refractivity contribution in [2.45, 2.75) is 6.42 Å². The molecule has 2 aromatic carbocycles. The largest absolute Gasteiger partial charge is 0.465 e. The van der Waals surface area contributed by atoms with Gasteiger partial charge < -0.3 is 9.47 Å². The molecule has 0 aliphatic heterocycles. The first-order valence-corrected chi connectivity index (χ1v) is 8.61. The van der Waals surface area contributed by atoms with Crippen LogP contribution in [0.5, 0.6) is 0 Å². The Hall–Kier alpha value is -3.48. The number of para-hydroxylation sites is 1. The molecule has 0 radical (unpaired) electrons. The minimum Gasteiger partial charge on any atom is -0.465 e. The zero-order valence-corrected chi connectivity index (χ0v) is 15.5. The van der Waals surface area contributed by atoms with Crippen molar-refractivity contribution in [2.24, 2.45) is 0 Å². The lowest BCUT2D eigenvalue weighted by Gasteiger charge is -2.08. The van der Waals surface area contributed by atoms with Gasteiger partial charge in [-0.15, -0.1) is 0 Å². The summed E-state index contributed by atoms with van der Waals surface area (Å²) >= 11 is 0. The van der Waals surface area contributed by atoms with Gasteiger partial charge in [0.2, 0.25) is 0 Å².